The number of piperidine rings is 1. The van der Waals surface area contributed by atoms with E-state index in [2.05, 4.69) is 36.5 Å². The lowest BCUT2D eigenvalue weighted by atomic mass is 9.89. The van der Waals surface area contributed by atoms with Crippen molar-refractivity contribution < 1.29 is 9.59 Å². The lowest BCUT2D eigenvalue weighted by molar-refractivity contribution is -0.139. The third kappa shape index (κ3) is 8.35. The quantitative estimate of drug-likeness (QED) is 0.637. The highest BCUT2D eigenvalue weighted by Gasteiger charge is 2.32. The molecule has 0 bridgehead atoms. The Bertz CT molecular complexity index is 616. The van der Waals surface area contributed by atoms with Crippen molar-refractivity contribution in [1.29, 1.82) is 0 Å². The van der Waals surface area contributed by atoms with Crippen molar-refractivity contribution in [3.8, 4) is 0 Å². The zero-order valence-electron chi connectivity index (χ0n) is 18.1. The van der Waals surface area contributed by atoms with Crippen LogP contribution in [0.15, 0.2) is 30.3 Å². The fourth-order valence-electron chi connectivity index (χ4n) is 3.79. The first-order valence-corrected chi connectivity index (χ1v) is 10.8. The maximum atomic E-state index is 13.1. The van der Waals surface area contributed by atoms with E-state index in [1.54, 1.807) is 0 Å². The topological polar surface area (TPSA) is 75.4 Å². The van der Waals surface area contributed by atoms with E-state index in [9.17, 15) is 9.59 Å². The van der Waals surface area contributed by atoms with Crippen LogP contribution in [0.1, 0.15) is 58.4 Å². The fraction of sp³-hybridized carbons (Fsp3) is 0.652. The van der Waals surface area contributed by atoms with Crippen LogP contribution in [0.25, 0.3) is 0 Å². The second-order valence-corrected chi connectivity index (χ2v) is 8.41. The molecule has 0 aliphatic carbocycles. The molecule has 1 aromatic rings. The average molecular weight is 424 g/mol. The summed E-state index contributed by atoms with van der Waals surface area (Å²) in [4.78, 5) is 27.4. The van der Waals surface area contributed by atoms with Crippen LogP contribution in [0.4, 0.5) is 0 Å². The molecule has 1 aliphatic rings. The Hall–Kier alpha value is -1.59. The highest BCUT2D eigenvalue weighted by molar-refractivity contribution is 5.88. The standard InChI is InChI=1S/C23H37N3O2.ClH/c1-4-17(2)22(25-21(27)11-10-18(3)24)23(28)26-14-12-20(13-15-26)16-19-8-6-5-7-9-19;/h5-9,17-18,20,22H,4,10-16,24H2,1-3H3,(H,25,27);1H. The van der Waals surface area contributed by atoms with Crippen molar-refractivity contribution in [2.75, 3.05) is 13.1 Å². The van der Waals surface area contributed by atoms with Crippen molar-refractivity contribution in [3.63, 3.8) is 0 Å². The molecule has 29 heavy (non-hydrogen) atoms. The molecule has 1 aromatic carbocycles. The molecule has 2 rings (SSSR count). The van der Waals surface area contributed by atoms with Crippen LogP contribution in [0.3, 0.4) is 0 Å². The Morgan fingerprint density at radius 3 is 2.34 bits per heavy atom. The van der Waals surface area contributed by atoms with Gasteiger partial charge in [-0.1, -0.05) is 50.6 Å². The predicted molar refractivity (Wildman–Crippen MR) is 121 cm³/mol. The van der Waals surface area contributed by atoms with Gasteiger partial charge in [0.25, 0.3) is 0 Å². The van der Waals surface area contributed by atoms with Crippen molar-refractivity contribution in [1.82, 2.24) is 10.2 Å². The molecule has 1 fully saturated rings. The highest BCUT2D eigenvalue weighted by atomic mass is 35.5. The molecule has 0 saturated carbocycles. The summed E-state index contributed by atoms with van der Waals surface area (Å²) in [6, 6.07) is 10.1. The van der Waals surface area contributed by atoms with E-state index in [0.717, 1.165) is 38.8 Å². The number of likely N-dealkylation sites (tertiary alicyclic amines) is 1. The molecule has 3 N–H and O–H groups in total. The molecule has 3 atom stereocenters. The van der Waals surface area contributed by atoms with Gasteiger partial charge in [-0.15, -0.1) is 12.4 Å². The number of carbonyl (C=O) groups excluding carboxylic acids is 2. The van der Waals surface area contributed by atoms with Crippen LogP contribution in [-0.4, -0.2) is 41.9 Å². The Morgan fingerprint density at radius 1 is 1.17 bits per heavy atom. The molecule has 1 heterocycles. The minimum atomic E-state index is -0.434. The smallest absolute Gasteiger partial charge is 0.245 e. The van der Waals surface area contributed by atoms with Gasteiger partial charge < -0.3 is 16.0 Å². The van der Waals surface area contributed by atoms with Crippen molar-refractivity contribution in [2.24, 2.45) is 17.6 Å². The van der Waals surface area contributed by atoms with Gasteiger partial charge in [-0.25, -0.2) is 0 Å². The van der Waals surface area contributed by atoms with Crippen LogP contribution >= 0.6 is 12.4 Å². The summed E-state index contributed by atoms with van der Waals surface area (Å²) in [7, 11) is 0. The normalized spacial score (nSPS) is 17.7. The van der Waals surface area contributed by atoms with Gasteiger partial charge in [0.2, 0.25) is 11.8 Å². The van der Waals surface area contributed by atoms with E-state index in [-0.39, 0.29) is 36.2 Å². The van der Waals surface area contributed by atoms with E-state index in [1.807, 2.05) is 24.8 Å². The van der Waals surface area contributed by atoms with Gasteiger partial charge in [-0.2, -0.15) is 0 Å². The van der Waals surface area contributed by atoms with Crippen LogP contribution in [0.2, 0.25) is 0 Å². The summed E-state index contributed by atoms with van der Waals surface area (Å²) in [5, 5.41) is 2.99. The maximum absolute atomic E-state index is 13.1. The zero-order valence-corrected chi connectivity index (χ0v) is 18.9. The molecule has 1 saturated heterocycles. The molecule has 1 aliphatic heterocycles. The molecule has 0 aromatic heterocycles. The number of nitrogens with one attached hydrogen (secondary N) is 1. The van der Waals surface area contributed by atoms with Gasteiger partial charge >= 0.3 is 0 Å². The van der Waals surface area contributed by atoms with Crippen LogP contribution in [0, 0.1) is 11.8 Å². The average Bonchev–Trinajstić information content (AvgIpc) is 2.70. The van der Waals surface area contributed by atoms with E-state index < -0.39 is 6.04 Å². The monoisotopic (exact) mass is 423 g/mol. The lowest BCUT2D eigenvalue weighted by Gasteiger charge is -2.36. The first-order chi connectivity index (χ1) is 13.4. The molecule has 6 heteroatoms. The van der Waals surface area contributed by atoms with Gasteiger partial charge in [0, 0.05) is 25.6 Å². The number of nitrogens with two attached hydrogens (primary N) is 1. The zero-order chi connectivity index (χ0) is 20.5. The molecule has 164 valence electrons. The number of amides is 2. The second-order valence-electron chi connectivity index (χ2n) is 8.41. The Morgan fingerprint density at radius 2 is 1.79 bits per heavy atom. The lowest BCUT2D eigenvalue weighted by Crippen LogP contribution is -2.53. The maximum Gasteiger partial charge on any atom is 0.245 e. The number of hydrogen-bond donors (Lipinski definition) is 2. The molecule has 0 spiro atoms. The Balaban J connectivity index is 0.00000420. The molecular weight excluding hydrogens is 386 g/mol. The third-order valence-corrected chi connectivity index (χ3v) is 5.92. The fourth-order valence-corrected chi connectivity index (χ4v) is 3.79. The number of rotatable bonds is 9. The van der Waals surface area contributed by atoms with Crippen LogP contribution in [-0.2, 0) is 16.0 Å². The number of carbonyl (C=O) groups is 2. The van der Waals surface area contributed by atoms with Crippen molar-refractivity contribution in [3.05, 3.63) is 35.9 Å². The van der Waals surface area contributed by atoms with E-state index in [0.29, 0.717) is 18.8 Å². The molecule has 3 unspecified atom stereocenters. The van der Waals surface area contributed by atoms with Crippen LogP contribution in [0.5, 0.6) is 0 Å². The first kappa shape index (κ1) is 25.4. The minimum Gasteiger partial charge on any atom is -0.344 e. The molecule has 0 radical (unpaired) electrons. The largest absolute Gasteiger partial charge is 0.344 e. The van der Waals surface area contributed by atoms with Crippen LogP contribution < -0.4 is 11.1 Å². The minimum absolute atomic E-state index is 0. The van der Waals surface area contributed by atoms with Gasteiger partial charge in [0.15, 0.2) is 0 Å². The first-order valence-electron chi connectivity index (χ1n) is 10.8. The predicted octanol–water partition coefficient (Wildman–Crippen LogP) is 3.55. The Kier molecular flexibility index (Phi) is 11.3. The summed E-state index contributed by atoms with van der Waals surface area (Å²) >= 11 is 0. The third-order valence-electron chi connectivity index (χ3n) is 5.92. The second kappa shape index (κ2) is 12.9. The summed E-state index contributed by atoms with van der Waals surface area (Å²) < 4.78 is 0. The van der Waals surface area contributed by atoms with Gasteiger partial charge in [-0.3, -0.25) is 9.59 Å². The SMILES string of the molecule is CCC(C)C(NC(=O)CCC(C)N)C(=O)N1CCC(Cc2ccccc2)CC1.Cl. The summed E-state index contributed by atoms with van der Waals surface area (Å²) in [5.41, 5.74) is 7.11. The summed E-state index contributed by atoms with van der Waals surface area (Å²) in [6.07, 6.45) is 4.98. The van der Waals surface area contributed by atoms with Crippen molar-refractivity contribution >= 4 is 24.2 Å². The van der Waals surface area contributed by atoms with Gasteiger partial charge in [0.05, 0.1) is 0 Å². The van der Waals surface area contributed by atoms with Gasteiger partial charge in [-0.05, 0) is 50.0 Å². The van der Waals surface area contributed by atoms with E-state index in [1.165, 1.54) is 5.56 Å². The summed E-state index contributed by atoms with van der Waals surface area (Å²) in [6.45, 7) is 7.55. The molecule has 2 amide bonds. The van der Waals surface area contributed by atoms with Gasteiger partial charge in [0.1, 0.15) is 6.04 Å². The van der Waals surface area contributed by atoms with E-state index in [4.69, 9.17) is 5.73 Å². The molecule has 5 nitrogen and oxygen atoms in total. The number of benzene rings is 1. The van der Waals surface area contributed by atoms with E-state index >= 15 is 0 Å². The number of nitrogens with zero attached hydrogens (tertiary/aromatic N) is 1. The number of hydrogen-bond acceptors (Lipinski definition) is 3. The highest BCUT2D eigenvalue weighted by Crippen LogP contribution is 2.23. The number of halogens is 1. The Labute approximate surface area is 182 Å². The van der Waals surface area contributed by atoms with Crippen molar-refractivity contribution in [2.45, 2.75) is 71.4 Å². The summed E-state index contributed by atoms with van der Waals surface area (Å²) in [5.74, 6) is 0.736. The molecular formula is C23H38ClN3O2.